The molecule has 0 aromatic heterocycles. The lowest BCUT2D eigenvalue weighted by Crippen LogP contribution is -2.92. The lowest BCUT2D eigenvalue weighted by Gasteiger charge is -2.18. The van der Waals surface area contributed by atoms with Crippen molar-refractivity contribution in [3.8, 4) is 0 Å². The molecule has 1 fully saturated rings. The second-order valence-corrected chi connectivity index (χ2v) is 5.88. The third kappa shape index (κ3) is 7.48. The Labute approximate surface area is 122 Å². The third-order valence-corrected chi connectivity index (χ3v) is 4.03. The molecular weight excluding hydrogens is 254 g/mol. The summed E-state index contributed by atoms with van der Waals surface area (Å²) in [4.78, 5) is 23.2. The molecule has 0 aliphatic heterocycles. The molecule has 0 unspecified atom stereocenters. The molecule has 4 N–H and O–H groups in total. The number of hydrogen-bond donors (Lipinski definition) is 3. The number of rotatable bonds is 5. The fourth-order valence-electron chi connectivity index (χ4n) is 2.54. The summed E-state index contributed by atoms with van der Waals surface area (Å²) in [6, 6.07) is 0.256. The van der Waals surface area contributed by atoms with E-state index in [1.165, 1.54) is 44.9 Å². The van der Waals surface area contributed by atoms with Crippen molar-refractivity contribution in [3.63, 3.8) is 0 Å². The van der Waals surface area contributed by atoms with Crippen LogP contribution in [0.15, 0.2) is 0 Å². The molecule has 0 spiro atoms. The van der Waals surface area contributed by atoms with E-state index in [-0.39, 0.29) is 18.0 Å². The molecule has 20 heavy (non-hydrogen) atoms. The Morgan fingerprint density at radius 1 is 1.15 bits per heavy atom. The summed E-state index contributed by atoms with van der Waals surface area (Å²) in [5.41, 5.74) is 0. The molecule has 0 radical (unpaired) electrons. The molecule has 0 aromatic rings. The second kappa shape index (κ2) is 9.75. The molecule has 1 atom stereocenters. The Bertz CT molecular complexity index is 299. The molecule has 1 saturated carbocycles. The van der Waals surface area contributed by atoms with Gasteiger partial charge in [0.15, 0.2) is 6.54 Å². The maximum Gasteiger partial charge on any atom is 0.321 e. The van der Waals surface area contributed by atoms with E-state index in [9.17, 15) is 9.59 Å². The van der Waals surface area contributed by atoms with Crippen LogP contribution in [-0.2, 0) is 4.79 Å². The summed E-state index contributed by atoms with van der Waals surface area (Å²) in [6.45, 7) is 4.26. The van der Waals surface area contributed by atoms with E-state index < -0.39 is 0 Å². The topological polar surface area (TPSA) is 74.8 Å². The van der Waals surface area contributed by atoms with Gasteiger partial charge in [-0.3, -0.25) is 10.1 Å². The monoisotopic (exact) mass is 284 g/mol. The highest BCUT2D eigenvalue weighted by atomic mass is 16.2. The summed E-state index contributed by atoms with van der Waals surface area (Å²) in [7, 11) is 0. The van der Waals surface area contributed by atoms with Crippen molar-refractivity contribution in [2.24, 2.45) is 0 Å². The van der Waals surface area contributed by atoms with Gasteiger partial charge in [-0.25, -0.2) is 4.79 Å². The minimum atomic E-state index is -0.379. The van der Waals surface area contributed by atoms with Gasteiger partial charge < -0.3 is 10.6 Å². The van der Waals surface area contributed by atoms with Gasteiger partial charge in [0.1, 0.15) is 0 Å². The first-order chi connectivity index (χ1) is 9.61. The molecule has 0 bridgehead atoms. The van der Waals surface area contributed by atoms with Crippen LogP contribution in [0.3, 0.4) is 0 Å². The molecule has 0 heterocycles. The van der Waals surface area contributed by atoms with Crippen molar-refractivity contribution in [2.75, 3.05) is 6.54 Å². The fraction of sp³-hybridized carbons (Fsp3) is 0.867. The molecule has 1 aliphatic rings. The number of nitrogens with two attached hydrogens (primary N) is 1. The molecular formula is C15H30N3O2+. The van der Waals surface area contributed by atoms with E-state index in [1.807, 2.05) is 13.8 Å². The van der Waals surface area contributed by atoms with Crippen molar-refractivity contribution in [1.29, 1.82) is 0 Å². The number of carbonyl (C=O) groups is 2. The molecule has 5 heteroatoms. The van der Waals surface area contributed by atoms with Crippen molar-refractivity contribution in [1.82, 2.24) is 10.6 Å². The van der Waals surface area contributed by atoms with E-state index in [0.29, 0.717) is 12.6 Å². The van der Waals surface area contributed by atoms with Crippen LogP contribution < -0.4 is 16.0 Å². The van der Waals surface area contributed by atoms with Crippen LogP contribution in [0.1, 0.15) is 65.2 Å². The number of nitrogens with one attached hydrogen (secondary N) is 2. The van der Waals surface area contributed by atoms with E-state index in [1.54, 1.807) is 0 Å². The molecule has 5 nitrogen and oxygen atoms in total. The highest BCUT2D eigenvalue weighted by molar-refractivity contribution is 5.94. The van der Waals surface area contributed by atoms with Crippen molar-refractivity contribution >= 4 is 11.9 Å². The van der Waals surface area contributed by atoms with E-state index in [4.69, 9.17) is 0 Å². The number of hydrogen-bond acceptors (Lipinski definition) is 2. The van der Waals surface area contributed by atoms with Crippen LogP contribution in [0.5, 0.6) is 0 Å². The number of imide groups is 1. The first kappa shape index (κ1) is 17.0. The quantitative estimate of drug-likeness (QED) is 0.711. The van der Waals surface area contributed by atoms with Crippen LogP contribution in [0.25, 0.3) is 0 Å². The summed E-state index contributed by atoms with van der Waals surface area (Å²) in [6.07, 6.45) is 9.73. The number of amides is 3. The number of quaternary nitrogens is 1. The van der Waals surface area contributed by atoms with Gasteiger partial charge in [0.2, 0.25) is 0 Å². The second-order valence-electron chi connectivity index (χ2n) is 5.88. The highest BCUT2D eigenvalue weighted by Crippen LogP contribution is 2.14. The first-order valence-corrected chi connectivity index (χ1v) is 8.05. The average molecular weight is 284 g/mol. The van der Waals surface area contributed by atoms with E-state index in [2.05, 4.69) is 16.0 Å². The lowest BCUT2D eigenvalue weighted by atomic mass is 9.97. The first-order valence-electron chi connectivity index (χ1n) is 8.05. The minimum Gasteiger partial charge on any atom is -0.336 e. The summed E-state index contributed by atoms with van der Waals surface area (Å²) < 4.78 is 0. The van der Waals surface area contributed by atoms with Crippen molar-refractivity contribution in [2.45, 2.75) is 77.3 Å². The fourth-order valence-corrected chi connectivity index (χ4v) is 2.54. The standard InChI is InChI=1S/C15H29N3O2/c1-3-12(2)17-15(20)18-14(19)11-16-13-9-7-5-4-6-8-10-13/h12-13,16H,3-11H2,1-2H3,(H2,17,18,19,20)/p+1/t12-/m0/s1. The summed E-state index contributed by atoms with van der Waals surface area (Å²) in [5, 5.41) is 7.22. The Morgan fingerprint density at radius 2 is 1.75 bits per heavy atom. The zero-order chi connectivity index (χ0) is 14.8. The maximum absolute atomic E-state index is 11.7. The third-order valence-electron chi connectivity index (χ3n) is 4.03. The lowest BCUT2D eigenvalue weighted by molar-refractivity contribution is -0.680. The van der Waals surface area contributed by atoms with Gasteiger partial charge in [-0.1, -0.05) is 26.2 Å². The maximum atomic E-state index is 11.7. The van der Waals surface area contributed by atoms with Gasteiger partial charge in [-0.15, -0.1) is 0 Å². The predicted octanol–water partition coefficient (Wildman–Crippen LogP) is 1.29. The van der Waals surface area contributed by atoms with Gasteiger partial charge in [0, 0.05) is 6.04 Å². The smallest absolute Gasteiger partial charge is 0.321 e. The Balaban J connectivity index is 2.19. The van der Waals surface area contributed by atoms with Gasteiger partial charge in [-0.2, -0.15) is 0 Å². The van der Waals surface area contributed by atoms with Crippen LogP contribution in [-0.4, -0.2) is 30.6 Å². The summed E-state index contributed by atoms with van der Waals surface area (Å²) >= 11 is 0. The molecule has 0 saturated heterocycles. The molecule has 116 valence electrons. The number of urea groups is 1. The van der Waals surface area contributed by atoms with E-state index >= 15 is 0 Å². The van der Waals surface area contributed by atoms with Gasteiger partial charge >= 0.3 is 6.03 Å². The Hall–Kier alpha value is -1.10. The largest absolute Gasteiger partial charge is 0.336 e. The zero-order valence-electron chi connectivity index (χ0n) is 12.9. The van der Waals surface area contributed by atoms with Crippen LogP contribution >= 0.6 is 0 Å². The van der Waals surface area contributed by atoms with Crippen LogP contribution in [0.2, 0.25) is 0 Å². The van der Waals surface area contributed by atoms with Crippen LogP contribution in [0, 0.1) is 0 Å². The molecule has 0 aromatic carbocycles. The zero-order valence-corrected chi connectivity index (χ0v) is 12.9. The summed E-state index contributed by atoms with van der Waals surface area (Å²) in [5.74, 6) is -0.201. The molecule has 1 rings (SSSR count). The molecule has 1 aliphatic carbocycles. The van der Waals surface area contributed by atoms with E-state index in [0.717, 1.165) is 6.42 Å². The Morgan fingerprint density at radius 3 is 2.35 bits per heavy atom. The van der Waals surface area contributed by atoms with Gasteiger partial charge in [0.25, 0.3) is 5.91 Å². The van der Waals surface area contributed by atoms with Gasteiger partial charge in [-0.05, 0) is 39.0 Å². The Kier molecular flexibility index (Phi) is 8.26. The normalized spacial score (nSPS) is 18.7. The van der Waals surface area contributed by atoms with Crippen molar-refractivity contribution < 1.29 is 14.9 Å². The number of carbonyl (C=O) groups excluding carboxylic acids is 2. The molecule has 3 amide bonds. The SMILES string of the molecule is CC[C@H](C)NC(=O)NC(=O)C[NH2+]C1CCCCCCC1. The highest BCUT2D eigenvalue weighted by Gasteiger charge is 2.17. The van der Waals surface area contributed by atoms with Crippen molar-refractivity contribution in [3.05, 3.63) is 0 Å². The van der Waals surface area contributed by atoms with Gasteiger partial charge in [0.05, 0.1) is 6.04 Å². The minimum absolute atomic E-state index is 0.0948. The predicted molar refractivity (Wildman–Crippen MR) is 79.3 cm³/mol. The average Bonchev–Trinajstić information content (AvgIpc) is 2.37. The van der Waals surface area contributed by atoms with Crippen LogP contribution in [0.4, 0.5) is 4.79 Å².